The molecular weight excluding hydrogens is 256 g/mol. The van der Waals surface area contributed by atoms with Crippen LogP contribution in [0.25, 0.3) is 0 Å². The summed E-state index contributed by atoms with van der Waals surface area (Å²) in [7, 11) is 0. The van der Waals surface area contributed by atoms with E-state index in [-0.39, 0.29) is 23.9 Å². The number of aromatic nitrogens is 2. The molecule has 0 radical (unpaired) electrons. The second-order valence-electron chi connectivity index (χ2n) is 5.77. The van der Waals surface area contributed by atoms with Crippen LogP contribution >= 0.6 is 0 Å². The Labute approximate surface area is 118 Å². The van der Waals surface area contributed by atoms with Crippen molar-refractivity contribution < 1.29 is 9.59 Å². The lowest BCUT2D eigenvalue weighted by molar-refractivity contribution is -0.139. The number of aryl methyl sites for hydroxylation is 2. The van der Waals surface area contributed by atoms with Gasteiger partial charge < -0.3 is 10.2 Å². The van der Waals surface area contributed by atoms with E-state index in [2.05, 4.69) is 10.4 Å². The molecule has 1 N–H and O–H groups in total. The van der Waals surface area contributed by atoms with Crippen molar-refractivity contribution in [3.05, 3.63) is 17.0 Å². The van der Waals surface area contributed by atoms with E-state index in [1.54, 1.807) is 4.90 Å². The van der Waals surface area contributed by atoms with Crippen LogP contribution in [0, 0.1) is 20.8 Å². The van der Waals surface area contributed by atoms with Gasteiger partial charge in [-0.05, 0) is 32.8 Å². The number of hydrogen-bond acceptors (Lipinski definition) is 3. The molecule has 2 saturated heterocycles. The van der Waals surface area contributed by atoms with E-state index in [0.29, 0.717) is 19.5 Å². The van der Waals surface area contributed by atoms with Gasteiger partial charge in [0.1, 0.15) is 6.04 Å². The summed E-state index contributed by atoms with van der Waals surface area (Å²) >= 11 is 0. The van der Waals surface area contributed by atoms with E-state index < -0.39 is 0 Å². The lowest BCUT2D eigenvalue weighted by Gasteiger charge is -2.26. The lowest BCUT2D eigenvalue weighted by Crippen LogP contribution is -2.50. The molecule has 0 aliphatic carbocycles. The smallest absolute Gasteiger partial charge is 0.243 e. The summed E-state index contributed by atoms with van der Waals surface area (Å²) in [6.45, 7) is 7.27. The number of rotatable bonds is 3. The Morgan fingerprint density at radius 3 is 2.70 bits per heavy atom. The molecule has 6 heteroatoms. The van der Waals surface area contributed by atoms with Crippen molar-refractivity contribution in [3.63, 3.8) is 0 Å². The van der Waals surface area contributed by atoms with Crippen LogP contribution in [0.1, 0.15) is 29.8 Å². The molecule has 6 nitrogen and oxygen atoms in total. The summed E-state index contributed by atoms with van der Waals surface area (Å²) in [4.78, 5) is 25.6. The van der Waals surface area contributed by atoms with Crippen molar-refractivity contribution in [2.24, 2.45) is 0 Å². The van der Waals surface area contributed by atoms with Crippen LogP contribution in [0.2, 0.25) is 0 Å². The van der Waals surface area contributed by atoms with Gasteiger partial charge in [0, 0.05) is 31.2 Å². The van der Waals surface area contributed by atoms with Crippen molar-refractivity contribution in [1.82, 2.24) is 20.0 Å². The van der Waals surface area contributed by atoms with Crippen LogP contribution in [0.3, 0.4) is 0 Å². The van der Waals surface area contributed by atoms with Crippen molar-refractivity contribution in [2.75, 3.05) is 6.54 Å². The lowest BCUT2D eigenvalue weighted by atomic mass is 10.2. The highest BCUT2D eigenvalue weighted by molar-refractivity contribution is 5.91. The third-order valence-corrected chi connectivity index (χ3v) is 4.55. The first kappa shape index (κ1) is 13.1. The number of nitrogens with zero attached hydrogens (tertiary/aromatic N) is 3. The number of likely N-dealkylation sites (tertiary alicyclic amines) is 1. The highest BCUT2D eigenvalue weighted by Crippen LogP contribution is 2.25. The number of nitrogens with one attached hydrogen (secondary N) is 1. The minimum absolute atomic E-state index is 0.00319. The van der Waals surface area contributed by atoms with Gasteiger partial charge in [-0.1, -0.05) is 0 Å². The van der Waals surface area contributed by atoms with Crippen LogP contribution in [0.5, 0.6) is 0 Å². The molecule has 2 amide bonds. The standard InChI is InChI=1S/C14H20N4O2/c1-8-9(2)16-18(10(8)3)5-4-13(19)17-7-11-6-12(17)14(20)15-11/h11-12H,4-7H2,1-3H3,(H,15,20)/t11-,12-/m0/s1. The minimum Gasteiger partial charge on any atom is -0.350 e. The fraction of sp³-hybridized carbons (Fsp3) is 0.643. The quantitative estimate of drug-likeness (QED) is 0.863. The molecule has 2 atom stereocenters. The Kier molecular flexibility index (Phi) is 3.03. The summed E-state index contributed by atoms with van der Waals surface area (Å²) in [6, 6.07) is -0.0814. The van der Waals surface area contributed by atoms with Crippen molar-refractivity contribution >= 4 is 11.8 Å². The predicted molar refractivity (Wildman–Crippen MR) is 73.1 cm³/mol. The van der Waals surface area contributed by atoms with E-state index in [4.69, 9.17) is 0 Å². The van der Waals surface area contributed by atoms with Gasteiger partial charge in [0.2, 0.25) is 11.8 Å². The molecule has 0 unspecified atom stereocenters. The zero-order valence-corrected chi connectivity index (χ0v) is 12.1. The number of fused-ring (bicyclic) bond motifs is 2. The minimum atomic E-state index is -0.241. The first-order chi connectivity index (χ1) is 9.47. The van der Waals surface area contributed by atoms with Gasteiger partial charge in [-0.2, -0.15) is 5.10 Å². The monoisotopic (exact) mass is 276 g/mol. The maximum Gasteiger partial charge on any atom is 0.243 e. The van der Waals surface area contributed by atoms with E-state index in [1.165, 1.54) is 5.56 Å². The van der Waals surface area contributed by atoms with E-state index in [0.717, 1.165) is 17.8 Å². The van der Waals surface area contributed by atoms with Gasteiger partial charge in [-0.25, -0.2) is 0 Å². The molecule has 0 saturated carbocycles. The second-order valence-corrected chi connectivity index (χ2v) is 5.77. The molecule has 3 rings (SSSR count). The zero-order chi connectivity index (χ0) is 14.4. The van der Waals surface area contributed by atoms with Crippen molar-refractivity contribution in [2.45, 2.75) is 52.2 Å². The molecule has 2 aliphatic rings. The second kappa shape index (κ2) is 4.61. The van der Waals surface area contributed by atoms with E-state index in [9.17, 15) is 9.59 Å². The fourth-order valence-electron chi connectivity index (χ4n) is 3.11. The molecule has 2 fully saturated rings. The maximum absolute atomic E-state index is 12.3. The topological polar surface area (TPSA) is 67.2 Å². The van der Waals surface area contributed by atoms with Gasteiger partial charge >= 0.3 is 0 Å². The molecule has 20 heavy (non-hydrogen) atoms. The molecular formula is C14H20N4O2. The molecule has 1 aromatic heterocycles. The van der Waals surface area contributed by atoms with E-state index in [1.807, 2.05) is 25.5 Å². The first-order valence-corrected chi connectivity index (χ1v) is 7.08. The Morgan fingerprint density at radius 1 is 1.40 bits per heavy atom. The van der Waals surface area contributed by atoms with Gasteiger partial charge in [0.25, 0.3) is 0 Å². The molecule has 0 spiro atoms. The third-order valence-electron chi connectivity index (χ3n) is 4.55. The number of carbonyl (C=O) groups is 2. The number of hydrogen-bond donors (Lipinski definition) is 1. The van der Waals surface area contributed by atoms with Crippen molar-refractivity contribution in [3.8, 4) is 0 Å². The van der Waals surface area contributed by atoms with Gasteiger partial charge in [-0.3, -0.25) is 14.3 Å². The van der Waals surface area contributed by atoms with Crippen molar-refractivity contribution in [1.29, 1.82) is 0 Å². The highest BCUT2D eigenvalue weighted by atomic mass is 16.2. The Hall–Kier alpha value is -1.85. The SMILES string of the molecule is Cc1nn(CCC(=O)N2C[C@@H]3C[C@H]2C(=O)N3)c(C)c1C. The number of piperazine rings is 1. The van der Waals surface area contributed by atoms with Crippen LogP contribution < -0.4 is 5.32 Å². The molecule has 3 heterocycles. The summed E-state index contributed by atoms with van der Waals surface area (Å²) in [5, 5.41) is 7.32. The highest BCUT2D eigenvalue weighted by Gasteiger charge is 2.45. The summed E-state index contributed by atoms with van der Waals surface area (Å²) < 4.78 is 1.89. The summed E-state index contributed by atoms with van der Waals surface area (Å²) in [5.74, 6) is 0.0501. The Balaban J connectivity index is 1.63. The Bertz CT molecular complexity index is 578. The first-order valence-electron chi connectivity index (χ1n) is 7.08. The third kappa shape index (κ3) is 1.99. The van der Waals surface area contributed by atoms with Gasteiger partial charge in [0.15, 0.2) is 0 Å². The zero-order valence-electron chi connectivity index (χ0n) is 12.1. The molecule has 0 aromatic carbocycles. The number of carbonyl (C=O) groups excluding carboxylic acids is 2. The average molecular weight is 276 g/mol. The fourth-order valence-corrected chi connectivity index (χ4v) is 3.11. The maximum atomic E-state index is 12.3. The normalized spacial score (nSPS) is 24.4. The largest absolute Gasteiger partial charge is 0.350 e. The average Bonchev–Trinajstić information content (AvgIpc) is 3.05. The van der Waals surface area contributed by atoms with Crippen LogP contribution in [-0.2, 0) is 16.1 Å². The summed E-state index contributed by atoms with van der Waals surface area (Å²) in [5.41, 5.74) is 3.29. The molecule has 2 bridgehead atoms. The van der Waals surface area contributed by atoms with Gasteiger partial charge in [-0.15, -0.1) is 0 Å². The molecule has 2 aliphatic heterocycles. The summed E-state index contributed by atoms with van der Waals surface area (Å²) in [6.07, 6.45) is 1.17. The molecule has 1 aromatic rings. The van der Waals surface area contributed by atoms with Gasteiger partial charge in [0.05, 0.1) is 5.69 Å². The predicted octanol–water partition coefficient (Wildman–Crippen LogP) is 0.298. The van der Waals surface area contributed by atoms with Crippen LogP contribution in [-0.4, -0.2) is 45.1 Å². The van der Waals surface area contributed by atoms with Crippen LogP contribution in [0.15, 0.2) is 0 Å². The van der Waals surface area contributed by atoms with Crippen LogP contribution in [0.4, 0.5) is 0 Å². The van der Waals surface area contributed by atoms with E-state index >= 15 is 0 Å². The number of amides is 2. The Morgan fingerprint density at radius 2 is 2.15 bits per heavy atom. The molecule has 108 valence electrons.